The third-order valence-electron chi connectivity index (χ3n) is 6.08. The fourth-order valence-electron chi connectivity index (χ4n) is 4.59. The van der Waals surface area contributed by atoms with E-state index in [9.17, 15) is 26.4 Å². The van der Waals surface area contributed by atoms with E-state index >= 15 is 0 Å². The Bertz CT molecular complexity index is 1430. The number of carbonyl (C=O) groups excluding carboxylic acids is 1. The molecule has 0 bridgehead atoms. The summed E-state index contributed by atoms with van der Waals surface area (Å²) in [6.45, 7) is 6.81. The van der Waals surface area contributed by atoms with Gasteiger partial charge >= 0.3 is 6.18 Å². The standard InChI is InChI=1S/C25H26F3N5O3S/c1-16-14-24(2,3)33(15-16)22-17(8-7-13-29-22)23(34)32-37(35,36)21-12-6-11-20(31-21)30-19-10-5-4-9-18(19)25(26,27)28/h4-13,16H,14-15H2,1-3H3,(H,30,31)(H,32,34). The fourth-order valence-corrected chi connectivity index (χ4v) is 5.52. The number of pyridine rings is 2. The van der Waals surface area contributed by atoms with E-state index < -0.39 is 32.7 Å². The van der Waals surface area contributed by atoms with E-state index in [4.69, 9.17) is 0 Å². The zero-order valence-corrected chi connectivity index (χ0v) is 21.2. The lowest BCUT2D eigenvalue weighted by Crippen LogP contribution is -2.41. The van der Waals surface area contributed by atoms with Gasteiger partial charge < -0.3 is 10.2 Å². The van der Waals surface area contributed by atoms with Crippen molar-refractivity contribution >= 4 is 33.3 Å². The summed E-state index contributed by atoms with van der Waals surface area (Å²) in [5.41, 5.74) is -1.41. The van der Waals surface area contributed by atoms with Gasteiger partial charge in [-0.2, -0.15) is 21.6 Å². The van der Waals surface area contributed by atoms with E-state index in [2.05, 4.69) is 22.2 Å². The molecule has 12 heteroatoms. The summed E-state index contributed by atoms with van der Waals surface area (Å²) in [5, 5.41) is 1.98. The highest BCUT2D eigenvalue weighted by molar-refractivity contribution is 7.90. The molecule has 0 aliphatic carbocycles. The van der Waals surface area contributed by atoms with Crippen molar-refractivity contribution < 1.29 is 26.4 Å². The maximum absolute atomic E-state index is 13.3. The summed E-state index contributed by atoms with van der Waals surface area (Å²) < 4.78 is 68.0. The van der Waals surface area contributed by atoms with Crippen LogP contribution in [0, 0.1) is 5.92 Å². The van der Waals surface area contributed by atoms with E-state index in [1.54, 1.807) is 6.07 Å². The van der Waals surface area contributed by atoms with Crippen LogP contribution in [-0.2, 0) is 16.2 Å². The maximum Gasteiger partial charge on any atom is 0.418 e. The van der Waals surface area contributed by atoms with Crippen LogP contribution in [-0.4, -0.2) is 36.4 Å². The number of aromatic nitrogens is 2. The second-order valence-electron chi connectivity index (χ2n) is 9.57. The molecule has 1 fully saturated rings. The van der Waals surface area contributed by atoms with Crippen LogP contribution in [0.1, 0.15) is 43.1 Å². The zero-order valence-electron chi connectivity index (χ0n) is 20.4. The number of sulfonamides is 1. The second kappa shape index (κ2) is 9.66. The molecular weight excluding hydrogens is 507 g/mol. The number of anilines is 3. The number of hydrogen-bond acceptors (Lipinski definition) is 7. The Morgan fingerprint density at radius 3 is 2.49 bits per heavy atom. The molecule has 1 saturated heterocycles. The third kappa shape index (κ3) is 5.68. The second-order valence-corrected chi connectivity index (χ2v) is 11.2. The minimum atomic E-state index is -4.62. The molecule has 1 atom stereocenters. The normalized spacial score (nSPS) is 17.5. The molecule has 3 aromatic rings. The van der Waals surface area contributed by atoms with E-state index in [1.165, 1.54) is 42.6 Å². The first-order valence-corrected chi connectivity index (χ1v) is 13.0. The van der Waals surface area contributed by atoms with E-state index in [0.29, 0.717) is 18.3 Å². The Hall–Kier alpha value is -3.67. The van der Waals surface area contributed by atoms with Gasteiger partial charge in [-0.15, -0.1) is 0 Å². The lowest BCUT2D eigenvalue weighted by Gasteiger charge is -2.33. The highest BCUT2D eigenvalue weighted by atomic mass is 32.2. The molecule has 1 amide bonds. The SMILES string of the molecule is CC1CN(c2ncccc2C(=O)NS(=O)(=O)c2cccc(Nc3ccccc3C(F)(F)F)n2)C(C)(C)C1. The van der Waals surface area contributed by atoms with Crippen LogP contribution in [0.15, 0.2) is 65.8 Å². The minimum Gasteiger partial charge on any atom is -0.351 e. The first-order chi connectivity index (χ1) is 17.3. The molecule has 0 saturated carbocycles. The van der Waals surface area contributed by atoms with Crippen LogP contribution < -0.4 is 14.9 Å². The molecule has 0 radical (unpaired) electrons. The first kappa shape index (κ1) is 26.4. The molecule has 1 aliphatic rings. The number of nitrogens with zero attached hydrogens (tertiary/aromatic N) is 3. The third-order valence-corrected chi connectivity index (χ3v) is 7.31. The Morgan fingerprint density at radius 2 is 1.81 bits per heavy atom. The quantitative estimate of drug-likeness (QED) is 0.460. The smallest absolute Gasteiger partial charge is 0.351 e. The predicted molar refractivity (Wildman–Crippen MR) is 133 cm³/mol. The summed E-state index contributed by atoms with van der Waals surface area (Å²) in [7, 11) is -4.46. The van der Waals surface area contributed by atoms with Gasteiger partial charge in [-0.3, -0.25) is 4.79 Å². The molecule has 37 heavy (non-hydrogen) atoms. The maximum atomic E-state index is 13.3. The number of carbonyl (C=O) groups is 1. The summed E-state index contributed by atoms with van der Waals surface area (Å²) in [5.74, 6) is -0.293. The number of nitrogens with one attached hydrogen (secondary N) is 2. The lowest BCUT2D eigenvalue weighted by molar-refractivity contribution is -0.136. The topological polar surface area (TPSA) is 104 Å². The van der Waals surface area contributed by atoms with Gasteiger partial charge in [0.1, 0.15) is 11.6 Å². The van der Waals surface area contributed by atoms with Crippen molar-refractivity contribution in [3.8, 4) is 0 Å². The molecule has 1 unspecified atom stereocenters. The predicted octanol–water partition coefficient (Wildman–Crippen LogP) is 4.98. The molecule has 2 aromatic heterocycles. The van der Waals surface area contributed by atoms with Gasteiger partial charge in [-0.05, 0) is 62.6 Å². The average Bonchev–Trinajstić information content (AvgIpc) is 3.10. The van der Waals surface area contributed by atoms with Crippen molar-refractivity contribution in [2.45, 2.75) is 43.9 Å². The van der Waals surface area contributed by atoms with E-state index in [0.717, 1.165) is 18.6 Å². The molecule has 2 N–H and O–H groups in total. The minimum absolute atomic E-state index is 0.0848. The highest BCUT2D eigenvalue weighted by Gasteiger charge is 2.39. The fraction of sp³-hybridized carbons (Fsp3) is 0.320. The molecule has 196 valence electrons. The van der Waals surface area contributed by atoms with Crippen molar-refractivity contribution in [2.24, 2.45) is 5.92 Å². The highest BCUT2D eigenvalue weighted by Crippen LogP contribution is 2.37. The summed E-state index contributed by atoms with van der Waals surface area (Å²) in [6.07, 6.45) is -2.20. The van der Waals surface area contributed by atoms with Crippen LogP contribution in [0.5, 0.6) is 0 Å². The monoisotopic (exact) mass is 533 g/mol. The van der Waals surface area contributed by atoms with E-state index in [-0.39, 0.29) is 22.6 Å². The number of halogens is 3. The van der Waals surface area contributed by atoms with Crippen LogP contribution in [0.2, 0.25) is 0 Å². The van der Waals surface area contributed by atoms with E-state index in [1.807, 2.05) is 23.5 Å². The average molecular weight is 534 g/mol. The van der Waals surface area contributed by atoms with Gasteiger partial charge in [-0.1, -0.05) is 25.1 Å². The van der Waals surface area contributed by atoms with Crippen LogP contribution in [0.25, 0.3) is 0 Å². The molecule has 4 rings (SSSR count). The summed E-state index contributed by atoms with van der Waals surface area (Å²) >= 11 is 0. The van der Waals surface area contributed by atoms with Gasteiger partial charge in [0.2, 0.25) is 0 Å². The van der Waals surface area contributed by atoms with Crippen molar-refractivity contribution in [3.63, 3.8) is 0 Å². The van der Waals surface area contributed by atoms with Gasteiger partial charge in [-0.25, -0.2) is 14.7 Å². The van der Waals surface area contributed by atoms with Crippen LogP contribution in [0.3, 0.4) is 0 Å². The molecule has 1 aromatic carbocycles. The molecule has 8 nitrogen and oxygen atoms in total. The number of benzene rings is 1. The number of rotatable bonds is 6. The van der Waals surface area contributed by atoms with Gasteiger partial charge in [0, 0.05) is 18.3 Å². The van der Waals surface area contributed by atoms with Gasteiger partial charge in [0.05, 0.1) is 16.8 Å². The Labute approximate surface area is 213 Å². The van der Waals surface area contributed by atoms with Gasteiger partial charge in [0.25, 0.3) is 15.9 Å². The lowest BCUT2D eigenvalue weighted by atomic mass is 9.97. The molecule has 3 heterocycles. The first-order valence-electron chi connectivity index (χ1n) is 11.5. The zero-order chi connectivity index (χ0) is 27.0. The number of hydrogen-bond donors (Lipinski definition) is 2. The van der Waals surface area contributed by atoms with Crippen LogP contribution in [0.4, 0.5) is 30.5 Å². The van der Waals surface area contributed by atoms with Crippen LogP contribution >= 0.6 is 0 Å². The molecule has 1 aliphatic heterocycles. The Kier molecular flexibility index (Phi) is 6.89. The number of para-hydroxylation sites is 1. The summed E-state index contributed by atoms with van der Waals surface area (Å²) in [6, 6.07) is 11.6. The number of amides is 1. The van der Waals surface area contributed by atoms with Gasteiger partial charge in [0.15, 0.2) is 5.03 Å². The Balaban J connectivity index is 1.59. The molecule has 0 spiro atoms. The van der Waals surface area contributed by atoms with Crippen molar-refractivity contribution in [2.75, 3.05) is 16.8 Å². The number of alkyl halides is 3. The summed E-state index contributed by atoms with van der Waals surface area (Å²) in [4.78, 5) is 23.4. The van der Waals surface area contributed by atoms with Crippen molar-refractivity contribution in [1.29, 1.82) is 0 Å². The van der Waals surface area contributed by atoms with Crippen molar-refractivity contribution in [1.82, 2.24) is 14.7 Å². The molecular formula is C25H26F3N5O3S. The Morgan fingerprint density at radius 1 is 1.08 bits per heavy atom. The largest absolute Gasteiger partial charge is 0.418 e. The van der Waals surface area contributed by atoms with Crippen molar-refractivity contribution in [3.05, 3.63) is 71.9 Å².